The third-order valence-electron chi connectivity index (χ3n) is 6.16. The zero-order chi connectivity index (χ0) is 31.4. The number of hydrogen-bond acceptors (Lipinski definition) is 10. The molecular weight excluding hydrogens is 592 g/mol. The predicted molar refractivity (Wildman–Crippen MR) is 164 cm³/mol. The van der Waals surface area contributed by atoms with Crippen LogP contribution >= 0.6 is 23.5 Å². The summed E-state index contributed by atoms with van der Waals surface area (Å²) in [5, 5.41) is 17.6. The number of carbonyl (C=O) groups excluding carboxylic acids is 5. The Labute approximate surface area is 258 Å². The maximum atomic E-state index is 13.5. The van der Waals surface area contributed by atoms with Crippen molar-refractivity contribution >= 4 is 52.3 Å². The lowest BCUT2D eigenvalue weighted by molar-refractivity contribution is -0.151. The number of aromatic nitrogens is 1. The van der Waals surface area contributed by atoms with Crippen molar-refractivity contribution in [2.45, 2.75) is 56.7 Å². The molecule has 11 nitrogen and oxygen atoms in total. The number of esters is 1. The summed E-state index contributed by atoms with van der Waals surface area (Å²) in [5.74, 6) is -2.02. The van der Waals surface area contributed by atoms with Crippen LogP contribution in [0.2, 0.25) is 0 Å². The maximum Gasteiger partial charge on any atom is 0.329 e. The van der Waals surface area contributed by atoms with Crippen molar-refractivity contribution in [3.63, 3.8) is 0 Å². The Morgan fingerprint density at radius 2 is 1.86 bits per heavy atom. The molecular formula is C30H34N4O7S2. The summed E-state index contributed by atoms with van der Waals surface area (Å²) < 4.78 is 5.72. The molecule has 4 N–H and O–H groups in total. The van der Waals surface area contributed by atoms with Gasteiger partial charge in [-0.2, -0.15) is 0 Å². The fraction of sp³-hybridized carbons (Fsp3) is 0.333. The van der Waals surface area contributed by atoms with E-state index in [1.165, 1.54) is 36.9 Å². The number of thioether (sulfide) groups is 2. The SMILES string of the molecule is C/C=C1\NC(=O)c2nc(ccc2SC)CNC(=O)C[C@@H](/C=C/CCSC(C)=O)OC(=O)[C@H](Cc2ccc(O)cc2)NC1=O. The molecule has 0 saturated heterocycles. The topological polar surface area (TPSA) is 164 Å². The number of ether oxygens (including phenoxy) is 1. The molecule has 0 aliphatic carbocycles. The van der Waals surface area contributed by atoms with Crippen LogP contribution in [0.5, 0.6) is 5.75 Å². The summed E-state index contributed by atoms with van der Waals surface area (Å²) >= 11 is 2.46. The number of phenolic OH excluding ortho intramolecular Hbond substituents is 1. The number of benzene rings is 1. The number of amides is 3. The molecule has 1 aromatic heterocycles. The number of carbonyl (C=O) groups is 5. The van der Waals surface area contributed by atoms with Crippen molar-refractivity contribution in [2.75, 3.05) is 12.0 Å². The molecule has 2 heterocycles. The number of hydrogen-bond donors (Lipinski definition) is 4. The first-order chi connectivity index (χ1) is 20.6. The molecule has 2 atom stereocenters. The number of phenols is 1. The van der Waals surface area contributed by atoms with Gasteiger partial charge in [0.05, 0.1) is 18.7 Å². The van der Waals surface area contributed by atoms with Gasteiger partial charge in [-0.3, -0.25) is 19.2 Å². The molecule has 0 fully saturated rings. The first kappa shape index (κ1) is 33.4. The highest BCUT2D eigenvalue weighted by Crippen LogP contribution is 2.20. The normalized spacial score (nSPS) is 19.5. The summed E-state index contributed by atoms with van der Waals surface area (Å²) in [6, 6.07) is 8.31. The third kappa shape index (κ3) is 10.6. The van der Waals surface area contributed by atoms with Gasteiger partial charge >= 0.3 is 5.97 Å². The van der Waals surface area contributed by atoms with Crippen LogP contribution in [0.3, 0.4) is 0 Å². The van der Waals surface area contributed by atoms with E-state index in [9.17, 15) is 29.1 Å². The van der Waals surface area contributed by atoms with Crippen molar-refractivity contribution in [3.8, 4) is 5.75 Å². The lowest BCUT2D eigenvalue weighted by Crippen LogP contribution is -2.47. The van der Waals surface area contributed by atoms with Crippen LogP contribution in [0.1, 0.15) is 48.4 Å². The molecule has 0 saturated carbocycles. The highest BCUT2D eigenvalue weighted by Gasteiger charge is 2.28. The van der Waals surface area contributed by atoms with Crippen LogP contribution < -0.4 is 16.0 Å². The second-order valence-corrected chi connectivity index (χ2v) is 11.5. The number of cyclic esters (lactones) is 1. The van der Waals surface area contributed by atoms with Gasteiger partial charge in [-0.1, -0.05) is 36.0 Å². The minimum Gasteiger partial charge on any atom is -0.508 e. The van der Waals surface area contributed by atoms with Gasteiger partial charge < -0.3 is 25.8 Å². The van der Waals surface area contributed by atoms with Crippen molar-refractivity contribution in [3.05, 3.63) is 77.3 Å². The van der Waals surface area contributed by atoms with Gasteiger partial charge in [0.2, 0.25) is 5.91 Å². The standard InChI is InChI=1S/C30H34N4O7S2/c1-4-23-28(38)34-24(15-19-8-11-21(36)12-9-19)30(40)41-22(7-5-6-14-43-18(2)35)16-26(37)31-17-20-10-13-25(42-3)27(32-20)29(39)33-23/h4-5,7-13,22,24,36H,6,14-17H2,1-3H3,(H,31,37)(H,33,39)(H,34,38)/b7-5+,23-4-/t22-,24+/m1/s1. The molecule has 1 aromatic carbocycles. The summed E-state index contributed by atoms with van der Waals surface area (Å²) in [4.78, 5) is 69.1. The van der Waals surface area contributed by atoms with Crippen LogP contribution in [0, 0.1) is 0 Å². The lowest BCUT2D eigenvalue weighted by atomic mass is 10.1. The Balaban J connectivity index is 1.96. The van der Waals surface area contributed by atoms with E-state index in [-0.39, 0.29) is 41.6 Å². The second kappa shape index (κ2) is 16.5. The van der Waals surface area contributed by atoms with E-state index < -0.39 is 35.8 Å². The first-order valence-corrected chi connectivity index (χ1v) is 15.7. The molecule has 0 spiro atoms. The number of allylic oxidation sites excluding steroid dienone is 2. The first-order valence-electron chi connectivity index (χ1n) is 13.5. The van der Waals surface area contributed by atoms with Gasteiger partial charge in [-0.25, -0.2) is 9.78 Å². The molecule has 0 radical (unpaired) electrons. The van der Waals surface area contributed by atoms with E-state index in [2.05, 4.69) is 20.9 Å². The summed E-state index contributed by atoms with van der Waals surface area (Å²) in [5.41, 5.74) is 1.04. The van der Waals surface area contributed by atoms with E-state index >= 15 is 0 Å². The Morgan fingerprint density at radius 3 is 2.53 bits per heavy atom. The molecule has 1 aliphatic rings. The van der Waals surface area contributed by atoms with Crippen molar-refractivity contribution in [1.82, 2.24) is 20.9 Å². The fourth-order valence-corrected chi connectivity index (χ4v) is 5.07. The Morgan fingerprint density at radius 1 is 1.12 bits per heavy atom. The predicted octanol–water partition coefficient (Wildman–Crippen LogP) is 3.03. The quantitative estimate of drug-likeness (QED) is 0.118. The molecule has 3 rings (SSSR count). The minimum atomic E-state index is -1.20. The molecule has 0 unspecified atom stereocenters. The Hall–Kier alpha value is -4.10. The van der Waals surface area contributed by atoms with Crippen LogP contribution in [0.4, 0.5) is 0 Å². The van der Waals surface area contributed by atoms with Crippen LogP contribution in [-0.2, 0) is 36.9 Å². The van der Waals surface area contributed by atoms with Crippen molar-refractivity contribution < 1.29 is 33.8 Å². The zero-order valence-electron chi connectivity index (χ0n) is 24.0. The number of rotatable bonds is 7. The minimum absolute atomic E-state index is 0.00784. The zero-order valence-corrected chi connectivity index (χ0v) is 25.7. The fourth-order valence-electron chi connectivity index (χ4n) is 3.99. The van der Waals surface area contributed by atoms with Crippen LogP contribution in [-0.4, -0.2) is 63.1 Å². The van der Waals surface area contributed by atoms with Crippen LogP contribution in [0.15, 0.2) is 65.2 Å². The highest BCUT2D eigenvalue weighted by atomic mass is 32.2. The smallest absolute Gasteiger partial charge is 0.329 e. The van der Waals surface area contributed by atoms with Crippen molar-refractivity contribution in [1.29, 1.82) is 0 Å². The largest absolute Gasteiger partial charge is 0.508 e. The van der Waals surface area contributed by atoms with Gasteiger partial charge in [0.1, 0.15) is 29.3 Å². The van der Waals surface area contributed by atoms with E-state index in [0.717, 1.165) is 11.8 Å². The monoisotopic (exact) mass is 626 g/mol. The molecule has 43 heavy (non-hydrogen) atoms. The lowest BCUT2D eigenvalue weighted by Gasteiger charge is -2.22. The number of aromatic hydroxyl groups is 1. The van der Waals surface area contributed by atoms with E-state index in [0.29, 0.717) is 28.3 Å². The van der Waals surface area contributed by atoms with Gasteiger partial charge in [-0.15, -0.1) is 11.8 Å². The average molecular weight is 627 g/mol. The molecule has 13 heteroatoms. The van der Waals surface area contributed by atoms with E-state index in [4.69, 9.17) is 4.74 Å². The average Bonchev–Trinajstić information content (AvgIpc) is 2.98. The summed E-state index contributed by atoms with van der Waals surface area (Å²) in [6.45, 7) is 3.07. The van der Waals surface area contributed by atoms with Crippen LogP contribution in [0.25, 0.3) is 0 Å². The number of pyridine rings is 1. The molecule has 228 valence electrons. The van der Waals surface area contributed by atoms with E-state index in [1.807, 2.05) is 0 Å². The second-order valence-electron chi connectivity index (χ2n) is 9.42. The van der Waals surface area contributed by atoms with Gasteiger partial charge in [0.15, 0.2) is 5.12 Å². The molecule has 2 aromatic rings. The maximum absolute atomic E-state index is 13.5. The van der Waals surface area contributed by atoms with E-state index in [1.54, 1.807) is 49.6 Å². The number of fused-ring (bicyclic) bond motifs is 2. The summed E-state index contributed by atoms with van der Waals surface area (Å²) in [7, 11) is 0. The third-order valence-corrected chi connectivity index (χ3v) is 7.78. The van der Waals surface area contributed by atoms with Crippen molar-refractivity contribution in [2.24, 2.45) is 0 Å². The Kier molecular flexibility index (Phi) is 12.8. The highest BCUT2D eigenvalue weighted by molar-refractivity contribution is 8.13. The number of nitrogens with one attached hydrogen (secondary N) is 3. The summed E-state index contributed by atoms with van der Waals surface area (Å²) in [6.07, 6.45) is 5.85. The van der Waals surface area contributed by atoms with Gasteiger partial charge in [0, 0.05) is 24.0 Å². The molecule has 1 aliphatic heterocycles. The molecule has 2 bridgehead atoms. The number of nitrogens with zero attached hydrogens (tertiary/aromatic N) is 1. The van der Waals surface area contributed by atoms with Gasteiger partial charge in [-0.05, 0) is 55.5 Å². The Bertz CT molecular complexity index is 1410. The van der Waals surface area contributed by atoms with Gasteiger partial charge in [0.25, 0.3) is 11.8 Å². The molecule has 3 amide bonds.